The maximum Gasteiger partial charge on any atom is 0.0518 e. The van der Waals surface area contributed by atoms with Crippen molar-refractivity contribution in [2.45, 2.75) is 53.2 Å². The molecular formula is C11H27NO. The van der Waals surface area contributed by atoms with Crippen LogP contribution in [-0.4, -0.2) is 37.7 Å². The molecule has 2 heteroatoms. The van der Waals surface area contributed by atoms with Gasteiger partial charge in [-0.1, -0.05) is 13.8 Å². The predicted molar refractivity (Wildman–Crippen MR) is 60.2 cm³/mol. The molecule has 0 aliphatic heterocycles. The largest absolute Gasteiger partial charge is 0.379 e. The average Bonchev–Trinajstić information content (AvgIpc) is 2.07. The first-order valence-corrected chi connectivity index (χ1v) is 5.32. The Morgan fingerprint density at radius 3 is 1.85 bits per heavy atom. The first kappa shape index (κ1) is 15.4. The standard InChI is InChI=1S/C9H21NO.C2H6/c1-8(2)11-7-6-9(3)10(4)5;1-2/h8-9H,6-7H2,1-5H3;1-2H3. The van der Waals surface area contributed by atoms with E-state index in [0.29, 0.717) is 12.1 Å². The van der Waals surface area contributed by atoms with Gasteiger partial charge in [-0.25, -0.2) is 0 Å². The summed E-state index contributed by atoms with van der Waals surface area (Å²) in [4.78, 5) is 2.21. The maximum atomic E-state index is 5.44. The highest BCUT2D eigenvalue weighted by atomic mass is 16.5. The highest BCUT2D eigenvalue weighted by Gasteiger charge is 2.03. The molecule has 0 aromatic rings. The van der Waals surface area contributed by atoms with Gasteiger partial charge >= 0.3 is 0 Å². The zero-order valence-corrected chi connectivity index (χ0v) is 10.4. The van der Waals surface area contributed by atoms with Gasteiger partial charge in [0.15, 0.2) is 0 Å². The minimum atomic E-state index is 0.365. The molecule has 1 unspecified atom stereocenters. The van der Waals surface area contributed by atoms with Gasteiger partial charge in [-0.2, -0.15) is 0 Å². The lowest BCUT2D eigenvalue weighted by Gasteiger charge is -2.19. The molecule has 2 nitrogen and oxygen atoms in total. The van der Waals surface area contributed by atoms with E-state index >= 15 is 0 Å². The van der Waals surface area contributed by atoms with Gasteiger partial charge in [-0.05, 0) is 41.3 Å². The van der Waals surface area contributed by atoms with Crippen LogP contribution < -0.4 is 0 Å². The highest BCUT2D eigenvalue weighted by Crippen LogP contribution is 1.99. The zero-order valence-electron chi connectivity index (χ0n) is 10.4. The van der Waals surface area contributed by atoms with Crippen LogP contribution in [0, 0.1) is 0 Å². The van der Waals surface area contributed by atoms with E-state index in [1.807, 2.05) is 13.8 Å². The van der Waals surface area contributed by atoms with Gasteiger partial charge in [0.1, 0.15) is 0 Å². The Morgan fingerprint density at radius 2 is 1.54 bits per heavy atom. The summed E-state index contributed by atoms with van der Waals surface area (Å²) in [6.07, 6.45) is 1.48. The smallest absolute Gasteiger partial charge is 0.0518 e. The third kappa shape index (κ3) is 11.9. The summed E-state index contributed by atoms with van der Waals surface area (Å²) in [7, 11) is 4.19. The van der Waals surface area contributed by atoms with Crippen molar-refractivity contribution in [3.05, 3.63) is 0 Å². The van der Waals surface area contributed by atoms with Crippen LogP contribution in [0.5, 0.6) is 0 Å². The van der Waals surface area contributed by atoms with Crippen LogP contribution in [0.15, 0.2) is 0 Å². The van der Waals surface area contributed by atoms with Gasteiger partial charge in [-0.15, -0.1) is 0 Å². The molecule has 0 saturated carbocycles. The molecule has 0 amide bonds. The molecule has 82 valence electrons. The molecule has 0 radical (unpaired) electrons. The Labute approximate surface area is 84.3 Å². The summed E-state index contributed by atoms with van der Waals surface area (Å²) in [6, 6.07) is 0.619. The Kier molecular flexibility index (Phi) is 11.8. The monoisotopic (exact) mass is 189 g/mol. The fourth-order valence-electron chi connectivity index (χ4n) is 0.732. The van der Waals surface area contributed by atoms with E-state index in [2.05, 4.69) is 39.8 Å². The molecule has 0 bridgehead atoms. The molecule has 0 aromatic carbocycles. The summed E-state index contributed by atoms with van der Waals surface area (Å²) in [6.45, 7) is 11.2. The second-order valence-corrected chi connectivity index (χ2v) is 3.52. The minimum Gasteiger partial charge on any atom is -0.379 e. The van der Waals surface area contributed by atoms with Crippen molar-refractivity contribution < 1.29 is 4.74 Å². The summed E-state index contributed by atoms with van der Waals surface area (Å²) >= 11 is 0. The van der Waals surface area contributed by atoms with E-state index in [1.165, 1.54) is 0 Å². The molecule has 0 aliphatic rings. The van der Waals surface area contributed by atoms with Crippen LogP contribution in [-0.2, 0) is 4.74 Å². The highest BCUT2D eigenvalue weighted by molar-refractivity contribution is 4.58. The normalized spacial score (nSPS) is 12.7. The number of nitrogens with zero attached hydrogens (tertiary/aromatic N) is 1. The fourth-order valence-corrected chi connectivity index (χ4v) is 0.732. The molecule has 0 saturated heterocycles. The van der Waals surface area contributed by atoms with Crippen molar-refractivity contribution in [3.63, 3.8) is 0 Å². The third-order valence-electron chi connectivity index (χ3n) is 1.87. The summed E-state index contributed by atoms with van der Waals surface area (Å²) in [5.41, 5.74) is 0. The molecule has 0 rings (SSSR count). The van der Waals surface area contributed by atoms with Crippen molar-refractivity contribution >= 4 is 0 Å². The van der Waals surface area contributed by atoms with Crippen molar-refractivity contribution in [2.75, 3.05) is 20.7 Å². The van der Waals surface area contributed by atoms with Crippen molar-refractivity contribution in [2.24, 2.45) is 0 Å². The quantitative estimate of drug-likeness (QED) is 0.659. The van der Waals surface area contributed by atoms with Crippen LogP contribution >= 0.6 is 0 Å². The lowest BCUT2D eigenvalue weighted by molar-refractivity contribution is 0.0652. The van der Waals surface area contributed by atoms with Gasteiger partial charge in [0.25, 0.3) is 0 Å². The molecular weight excluding hydrogens is 162 g/mol. The Balaban J connectivity index is 0. The van der Waals surface area contributed by atoms with E-state index in [4.69, 9.17) is 4.74 Å². The lowest BCUT2D eigenvalue weighted by Crippen LogP contribution is -2.26. The van der Waals surface area contributed by atoms with Crippen LogP contribution in [0.3, 0.4) is 0 Å². The van der Waals surface area contributed by atoms with Gasteiger partial charge in [-0.3, -0.25) is 0 Å². The molecule has 0 N–H and O–H groups in total. The SMILES string of the molecule is CC.CC(C)OCCC(C)N(C)C. The number of rotatable bonds is 5. The van der Waals surface area contributed by atoms with Crippen molar-refractivity contribution in [1.82, 2.24) is 4.90 Å². The topological polar surface area (TPSA) is 12.5 Å². The Hall–Kier alpha value is -0.0800. The van der Waals surface area contributed by atoms with Crippen LogP contribution in [0.4, 0.5) is 0 Å². The summed E-state index contributed by atoms with van der Waals surface area (Å²) in [5, 5.41) is 0. The first-order chi connectivity index (χ1) is 6.04. The second kappa shape index (κ2) is 10.0. The van der Waals surface area contributed by atoms with E-state index in [0.717, 1.165) is 13.0 Å². The van der Waals surface area contributed by atoms with Gasteiger partial charge in [0.05, 0.1) is 6.10 Å². The van der Waals surface area contributed by atoms with Crippen molar-refractivity contribution in [3.8, 4) is 0 Å². The Bertz CT molecular complexity index is 92.1. The fraction of sp³-hybridized carbons (Fsp3) is 1.00. The van der Waals surface area contributed by atoms with Gasteiger partial charge in [0, 0.05) is 12.6 Å². The average molecular weight is 189 g/mol. The van der Waals surface area contributed by atoms with Crippen LogP contribution in [0.1, 0.15) is 41.0 Å². The molecule has 0 aromatic heterocycles. The van der Waals surface area contributed by atoms with E-state index in [-0.39, 0.29) is 0 Å². The van der Waals surface area contributed by atoms with Crippen molar-refractivity contribution in [1.29, 1.82) is 0 Å². The van der Waals surface area contributed by atoms with E-state index in [1.54, 1.807) is 0 Å². The molecule has 13 heavy (non-hydrogen) atoms. The zero-order chi connectivity index (χ0) is 10.9. The van der Waals surface area contributed by atoms with Gasteiger partial charge < -0.3 is 9.64 Å². The molecule has 0 aliphatic carbocycles. The van der Waals surface area contributed by atoms with Crippen LogP contribution in [0.2, 0.25) is 0 Å². The van der Waals surface area contributed by atoms with E-state index < -0.39 is 0 Å². The molecule has 0 spiro atoms. The summed E-state index contributed by atoms with van der Waals surface area (Å²) < 4.78 is 5.44. The van der Waals surface area contributed by atoms with Gasteiger partial charge in [0.2, 0.25) is 0 Å². The van der Waals surface area contributed by atoms with Crippen LogP contribution in [0.25, 0.3) is 0 Å². The third-order valence-corrected chi connectivity index (χ3v) is 1.87. The maximum absolute atomic E-state index is 5.44. The number of hydrogen-bond donors (Lipinski definition) is 0. The lowest BCUT2D eigenvalue weighted by atomic mass is 10.2. The van der Waals surface area contributed by atoms with E-state index in [9.17, 15) is 0 Å². The number of hydrogen-bond acceptors (Lipinski definition) is 2. The predicted octanol–water partition coefficient (Wildman–Crippen LogP) is 2.78. The molecule has 1 atom stereocenters. The molecule has 0 heterocycles. The summed E-state index contributed by atoms with van der Waals surface area (Å²) in [5.74, 6) is 0. The number of ether oxygens (including phenoxy) is 1. The second-order valence-electron chi connectivity index (χ2n) is 3.52. The Morgan fingerprint density at radius 1 is 1.08 bits per heavy atom. The minimum absolute atomic E-state index is 0.365. The first-order valence-electron chi connectivity index (χ1n) is 5.32. The molecule has 0 fully saturated rings.